The molecule has 15 heavy (non-hydrogen) atoms. The van der Waals surface area contributed by atoms with E-state index in [1.54, 1.807) is 0 Å². The molecule has 1 aliphatic carbocycles. The van der Waals surface area contributed by atoms with E-state index in [9.17, 15) is 5.11 Å². The highest BCUT2D eigenvalue weighted by molar-refractivity contribution is 6.83. The molecule has 88 valence electrons. The molecule has 0 aromatic rings. The van der Waals surface area contributed by atoms with Gasteiger partial charge in [0.05, 0.1) is 14.2 Å². The van der Waals surface area contributed by atoms with E-state index in [2.05, 4.69) is 46.5 Å². The van der Waals surface area contributed by atoms with Gasteiger partial charge in [0.15, 0.2) is 0 Å². The first kappa shape index (κ1) is 13.0. The van der Waals surface area contributed by atoms with E-state index < -0.39 is 8.07 Å². The lowest BCUT2D eigenvalue weighted by molar-refractivity contribution is 0.120. The zero-order chi connectivity index (χ0) is 11.9. The zero-order valence-corrected chi connectivity index (χ0v) is 12.1. The monoisotopic (exact) mass is 226 g/mol. The molecule has 2 heteroatoms. The second kappa shape index (κ2) is 4.06. The van der Waals surface area contributed by atoms with Crippen LogP contribution in [0.25, 0.3) is 0 Å². The second-order valence-electron chi connectivity index (χ2n) is 6.96. The molecule has 0 spiro atoms. The van der Waals surface area contributed by atoms with Crippen LogP contribution in [0.15, 0.2) is 11.3 Å². The summed E-state index contributed by atoms with van der Waals surface area (Å²) in [4.78, 5) is 0. The predicted molar refractivity (Wildman–Crippen MR) is 69.6 cm³/mol. The van der Waals surface area contributed by atoms with Crippen molar-refractivity contribution in [2.75, 3.05) is 0 Å². The molecule has 0 amide bonds. The van der Waals surface area contributed by atoms with E-state index in [0.29, 0.717) is 11.3 Å². The summed E-state index contributed by atoms with van der Waals surface area (Å²) in [5, 5.41) is 11.6. The van der Waals surface area contributed by atoms with Crippen LogP contribution in [0.3, 0.4) is 0 Å². The van der Waals surface area contributed by atoms with Crippen LogP contribution in [0, 0.1) is 11.3 Å². The van der Waals surface area contributed by atoms with Crippen LogP contribution < -0.4 is 0 Å². The minimum absolute atomic E-state index is 0.172. The Labute approximate surface area is 95.6 Å². The maximum Gasteiger partial charge on any atom is 0.0753 e. The summed E-state index contributed by atoms with van der Waals surface area (Å²) in [5.41, 5.74) is 0.322. The Morgan fingerprint density at radius 1 is 1.27 bits per heavy atom. The molecule has 1 aliphatic rings. The van der Waals surface area contributed by atoms with E-state index >= 15 is 0 Å². The van der Waals surface area contributed by atoms with E-state index in [1.165, 1.54) is 5.20 Å². The van der Waals surface area contributed by atoms with Gasteiger partial charge in [-0.25, -0.2) is 0 Å². The molecule has 0 unspecified atom stereocenters. The van der Waals surface area contributed by atoms with Gasteiger partial charge < -0.3 is 5.11 Å². The lowest BCUT2D eigenvalue weighted by atomic mass is 9.74. The number of rotatable bonds is 1. The Morgan fingerprint density at radius 3 is 2.13 bits per heavy atom. The molecule has 1 nitrogen and oxygen atoms in total. The zero-order valence-electron chi connectivity index (χ0n) is 11.1. The van der Waals surface area contributed by atoms with Gasteiger partial charge in [-0.05, 0) is 24.2 Å². The van der Waals surface area contributed by atoms with Crippen molar-refractivity contribution >= 4 is 8.07 Å². The fourth-order valence-electron chi connectivity index (χ4n) is 2.41. The summed E-state index contributed by atoms with van der Waals surface area (Å²) in [6.07, 6.45) is 4.27. The topological polar surface area (TPSA) is 20.2 Å². The second-order valence-corrected chi connectivity index (χ2v) is 12.0. The van der Waals surface area contributed by atoms with Gasteiger partial charge in [-0.2, -0.15) is 0 Å². The molecule has 0 saturated heterocycles. The Balaban J connectivity index is 2.81. The first-order valence-corrected chi connectivity index (χ1v) is 9.51. The normalized spacial score (nSPS) is 28.9. The van der Waals surface area contributed by atoms with Crippen molar-refractivity contribution in [3.05, 3.63) is 11.3 Å². The Morgan fingerprint density at radius 2 is 1.80 bits per heavy atom. The largest absolute Gasteiger partial charge is 0.389 e. The molecule has 0 heterocycles. The van der Waals surface area contributed by atoms with E-state index in [-0.39, 0.29) is 6.10 Å². The van der Waals surface area contributed by atoms with Gasteiger partial charge >= 0.3 is 0 Å². The van der Waals surface area contributed by atoms with Gasteiger partial charge in [0.1, 0.15) is 0 Å². The van der Waals surface area contributed by atoms with Gasteiger partial charge in [0, 0.05) is 0 Å². The molecule has 1 rings (SSSR count). The molecule has 0 aromatic carbocycles. The summed E-state index contributed by atoms with van der Waals surface area (Å²) in [6.45, 7) is 13.8. The molecule has 0 aliphatic heterocycles. The van der Waals surface area contributed by atoms with Gasteiger partial charge in [0.25, 0.3) is 0 Å². The number of hydrogen-bond acceptors (Lipinski definition) is 1. The molecule has 0 radical (unpaired) electrons. The number of aliphatic hydroxyl groups excluding tert-OH is 1. The van der Waals surface area contributed by atoms with Crippen molar-refractivity contribution < 1.29 is 5.11 Å². The van der Waals surface area contributed by atoms with Crippen LogP contribution in [-0.4, -0.2) is 19.3 Å². The standard InChI is InChI=1S/C13H26OSi/c1-13(2,3)10-7-8-12(11(14)9-10)15(4,5)6/h8,10-11,14H,7,9H2,1-6H3/t10-,11+/m1/s1. The lowest BCUT2D eigenvalue weighted by Gasteiger charge is -2.38. The highest BCUT2D eigenvalue weighted by Gasteiger charge is 2.34. The van der Waals surface area contributed by atoms with Crippen LogP contribution in [0.4, 0.5) is 0 Å². The molecular formula is C13H26OSi. The predicted octanol–water partition coefficient (Wildman–Crippen LogP) is 3.61. The fourth-order valence-corrected chi connectivity index (χ4v) is 4.26. The third-order valence-corrected chi connectivity index (χ3v) is 5.85. The molecule has 1 N–H and O–H groups in total. The quantitative estimate of drug-likeness (QED) is 0.677. The van der Waals surface area contributed by atoms with Crippen LogP contribution >= 0.6 is 0 Å². The maximum absolute atomic E-state index is 10.2. The lowest BCUT2D eigenvalue weighted by Crippen LogP contribution is -2.38. The first-order chi connectivity index (χ1) is 6.62. The van der Waals surface area contributed by atoms with E-state index in [0.717, 1.165) is 12.8 Å². The van der Waals surface area contributed by atoms with Crippen LogP contribution in [0.5, 0.6) is 0 Å². The SMILES string of the molecule is CC(C)(C)[C@@H]1CC=C([Si](C)(C)C)[C@@H](O)C1. The summed E-state index contributed by atoms with van der Waals surface area (Å²) in [7, 11) is -1.30. The van der Waals surface area contributed by atoms with Crippen LogP contribution in [0.2, 0.25) is 19.6 Å². The highest BCUT2D eigenvalue weighted by Crippen LogP contribution is 2.39. The fraction of sp³-hybridized carbons (Fsp3) is 0.846. The highest BCUT2D eigenvalue weighted by atomic mass is 28.3. The molecule has 0 aromatic heterocycles. The molecule has 0 bridgehead atoms. The smallest absolute Gasteiger partial charge is 0.0753 e. The van der Waals surface area contributed by atoms with E-state index in [1.807, 2.05) is 0 Å². The maximum atomic E-state index is 10.2. The van der Waals surface area contributed by atoms with Crippen molar-refractivity contribution in [3.63, 3.8) is 0 Å². The Hall–Kier alpha value is -0.0831. The van der Waals surface area contributed by atoms with Gasteiger partial charge in [0.2, 0.25) is 0 Å². The Kier molecular flexibility index (Phi) is 3.51. The Bertz CT molecular complexity index is 255. The van der Waals surface area contributed by atoms with Crippen molar-refractivity contribution in [1.29, 1.82) is 0 Å². The molecule has 2 atom stereocenters. The summed E-state index contributed by atoms with van der Waals surface area (Å²) in [5.74, 6) is 0.632. The number of allylic oxidation sites excluding steroid dienone is 1. The van der Waals surface area contributed by atoms with Gasteiger partial charge in [-0.1, -0.05) is 51.7 Å². The van der Waals surface area contributed by atoms with Gasteiger partial charge in [-0.3, -0.25) is 0 Å². The molecule has 0 fully saturated rings. The minimum atomic E-state index is -1.30. The summed E-state index contributed by atoms with van der Waals surface area (Å²) >= 11 is 0. The van der Waals surface area contributed by atoms with Crippen molar-refractivity contribution in [1.82, 2.24) is 0 Å². The average molecular weight is 226 g/mol. The third kappa shape index (κ3) is 3.18. The number of hydrogen-bond donors (Lipinski definition) is 1. The summed E-state index contributed by atoms with van der Waals surface area (Å²) in [6, 6.07) is 0. The van der Waals surface area contributed by atoms with Crippen molar-refractivity contribution in [2.24, 2.45) is 11.3 Å². The number of aliphatic hydroxyl groups is 1. The van der Waals surface area contributed by atoms with Crippen molar-refractivity contribution in [3.8, 4) is 0 Å². The third-order valence-electron chi connectivity index (χ3n) is 3.58. The van der Waals surface area contributed by atoms with Crippen molar-refractivity contribution in [2.45, 2.75) is 59.4 Å². The first-order valence-electron chi connectivity index (χ1n) is 6.01. The molecule has 0 saturated carbocycles. The minimum Gasteiger partial charge on any atom is -0.389 e. The average Bonchev–Trinajstić information content (AvgIpc) is 1.99. The summed E-state index contributed by atoms with van der Waals surface area (Å²) < 4.78 is 0. The van der Waals surface area contributed by atoms with Crippen LogP contribution in [-0.2, 0) is 0 Å². The van der Waals surface area contributed by atoms with Crippen LogP contribution in [0.1, 0.15) is 33.6 Å². The van der Waals surface area contributed by atoms with Gasteiger partial charge in [-0.15, -0.1) is 0 Å². The van der Waals surface area contributed by atoms with E-state index in [4.69, 9.17) is 0 Å². The molecular weight excluding hydrogens is 200 g/mol.